The molecule has 4 heteroatoms. The molecule has 0 unspecified atom stereocenters. The molecule has 21 heavy (non-hydrogen) atoms. The minimum atomic E-state index is -3.10. The van der Waals surface area contributed by atoms with Crippen LogP contribution in [0.3, 0.4) is 0 Å². The van der Waals surface area contributed by atoms with Crippen LogP contribution in [0.4, 0.5) is 5.69 Å². The summed E-state index contributed by atoms with van der Waals surface area (Å²) in [5, 5.41) is 3.53. The molecule has 1 aliphatic rings. The summed E-state index contributed by atoms with van der Waals surface area (Å²) in [6.07, 6.45) is 5.51. The lowest BCUT2D eigenvalue weighted by Crippen LogP contribution is -2.29. The molecule has 1 aromatic rings. The lowest BCUT2D eigenvalue weighted by molar-refractivity contribution is 0.232. The van der Waals surface area contributed by atoms with Gasteiger partial charge in [0.25, 0.3) is 0 Å². The minimum absolute atomic E-state index is 0.220. The first-order valence-electron chi connectivity index (χ1n) is 7.92. The van der Waals surface area contributed by atoms with E-state index in [1.54, 1.807) is 12.1 Å². The van der Waals surface area contributed by atoms with Crippen LogP contribution in [0, 0.1) is 5.41 Å². The zero-order valence-corrected chi connectivity index (χ0v) is 14.2. The van der Waals surface area contributed by atoms with Crippen LogP contribution in [0.15, 0.2) is 29.2 Å². The van der Waals surface area contributed by atoms with Gasteiger partial charge in [0.2, 0.25) is 0 Å². The average Bonchev–Trinajstić information content (AvgIpc) is 2.42. The van der Waals surface area contributed by atoms with Crippen molar-refractivity contribution in [2.75, 3.05) is 11.1 Å². The SMILES string of the molecule is CCCS(=O)(=O)c1ccc(NC2CCC(C)(C)CC2)cc1. The van der Waals surface area contributed by atoms with Gasteiger partial charge in [-0.1, -0.05) is 20.8 Å². The van der Waals surface area contributed by atoms with E-state index in [1.807, 2.05) is 19.1 Å². The van der Waals surface area contributed by atoms with Crippen molar-refractivity contribution in [2.24, 2.45) is 5.41 Å². The second-order valence-electron chi connectivity index (χ2n) is 6.93. The Hall–Kier alpha value is -1.03. The third kappa shape index (κ3) is 4.47. The van der Waals surface area contributed by atoms with Crippen LogP contribution in [0.25, 0.3) is 0 Å². The number of benzene rings is 1. The second kappa shape index (κ2) is 6.39. The summed E-state index contributed by atoms with van der Waals surface area (Å²) in [4.78, 5) is 0.430. The highest BCUT2D eigenvalue weighted by Crippen LogP contribution is 2.36. The normalized spacial score (nSPS) is 19.4. The quantitative estimate of drug-likeness (QED) is 0.884. The van der Waals surface area contributed by atoms with Gasteiger partial charge in [0.15, 0.2) is 9.84 Å². The molecule has 1 saturated carbocycles. The van der Waals surface area contributed by atoms with Gasteiger partial charge < -0.3 is 5.32 Å². The van der Waals surface area contributed by atoms with Gasteiger partial charge in [-0.25, -0.2) is 8.42 Å². The van der Waals surface area contributed by atoms with Crippen LogP contribution in [0.1, 0.15) is 52.9 Å². The van der Waals surface area contributed by atoms with Crippen molar-refractivity contribution in [1.82, 2.24) is 0 Å². The van der Waals surface area contributed by atoms with Crippen molar-refractivity contribution < 1.29 is 8.42 Å². The van der Waals surface area contributed by atoms with Crippen LogP contribution < -0.4 is 5.32 Å². The Kier molecular flexibility index (Phi) is 4.97. The largest absolute Gasteiger partial charge is 0.382 e. The zero-order valence-electron chi connectivity index (χ0n) is 13.4. The van der Waals surface area contributed by atoms with E-state index in [0.717, 1.165) is 5.69 Å². The maximum absolute atomic E-state index is 12.0. The highest BCUT2D eigenvalue weighted by atomic mass is 32.2. The van der Waals surface area contributed by atoms with Crippen LogP contribution in [-0.4, -0.2) is 20.2 Å². The molecule has 0 aliphatic heterocycles. The number of hydrogen-bond donors (Lipinski definition) is 1. The smallest absolute Gasteiger partial charge is 0.178 e. The van der Waals surface area contributed by atoms with Crippen molar-refractivity contribution in [1.29, 1.82) is 0 Å². The molecule has 0 spiro atoms. The molecule has 1 N–H and O–H groups in total. The number of rotatable bonds is 5. The molecule has 0 heterocycles. The first kappa shape index (κ1) is 16.3. The maximum atomic E-state index is 12.0. The van der Waals surface area contributed by atoms with Crippen molar-refractivity contribution in [3.8, 4) is 0 Å². The molecule has 0 aromatic heterocycles. The molecule has 3 nitrogen and oxygen atoms in total. The fraction of sp³-hybridized carbons (Fsp3) is 0.647. The number of anilines is 1. The Morgan fingerprint density at radius 3 is 2.24 bits per heavy atom. The van der Waals surface area contributed by atoms with Crippen molar-refractivity contribution >= 4 is 15.5 Å². The first-order chi connectivity index (χ1) is 9.82. The Morgan fingerprint density at radius 1 is 1.14 bits per heavy atom. The van der Waals surface area contributed by atoms with E-state index < -0.39 is 9.84 Å². The van der Waals surface area contributed by atoms with Crippen molar-refractivity contribution in [3.63, 3.8) is 0 Å². The molecule has 2 rings (SSSR count). The molecule has 1 aliphatic carbocycles. The molecule has 1 aromatic carbocycles. The predicted molar refractivity (Wildman–Crippen MR) is 88.4 cm³/mol. The average molecular weight is 309 g/mol. The van der Waals surface area contributed by atoms with Crippen molar-refractivity contribution in [2.45, 2.75) is 63.8 Å². The predicted octanol–water partition coefficient (Wildman–Crippen LogP) is 4.25. The van der Waals surface area contributed by atoms with E-state index in [-0.39, 0.29) is 5.75 Å². The van der Waals surface area contributed by atoms with Gasteiger partial charge in [0.1, 0.15) is 0 Å². The summed E-state index contributed by atoms with van der Waals surface area (Å²) in [6, 6.07) is 7.74. The van der Waals surface area contributed by atoms with E-state index in [0.29, 0.717) is 22.8 Å². The molecular formula is C17H27NO2S. The lowest BCUT2D eigenvalue weighted by atomic mass is 9.75. The minimum Gasteiger partial charge on any atom is -0.382 e. The first-order valence-corrected chi connectivity index (χ1v) is 9.57. The van der Waals surface area contributed by atoms with E-state index in [9.17, 15) is 8.42 Å². The number of sulfone groups is 1. The Morgan fingerprint density at radius 2 is 1.71 bits per heavy atom. The van der Waals surface area contributed by atoms with Crippen LogP contribution in [-0.2, 0) is 9.84 Å². The molecule has 0 saturated heterocycles. The number of hydrogen-bond acceptors (Lipinski definition) is 3. The highest BCUT2D eigenvalue weighted by Gasteiger charge is 2.26. The molecular weight excluding hydrogens is 282 g/mol. The highest BCUT2D eigenvalue weighted by molar-refractivity contribution is 7.91. The van der Waals surface area contributed by atoms with Crippen molar-refractivity contribution in [3.05, 3.63) is 24.3 Å². The standard InChI is InChI=1S/C17H27NO2S/c1-4-13-21(19,20)16-7-5-14(6-8-16)18-15-9-11-17(2,3)12-10-15/h5-8,15,18H,4,9-13H2,1-3H3. The monoisotopic (exact) mass is 309 g/mol. The summed E-state index contributed by atoms with van der Waals surface area (Å²) in [6.45, 7) is 6.55. The summed E-state index contributed by atoms with van der Waals surface area (Å²) < 4.78 is 24.0. The zero-order chi connectivity index (χ0) is 15.5. The van der Waals surface area contributed by atoms with E-state index in [2.05, 4.69) is 19.2 Å². The van der Waals surface area contributed by atoms with Gasteiger partial charge in [-0.3, -0.25) is 0 Å². The Bertz CT molecular complexity index is 551. The summed E-state index contributed by atoms with van der Waals surface area (Å²) in [5.41, 5.74) is 1.49. The number of nitrogens with one attached hydrogen (secondary N) is 1. The van der Waals surface area contributed by atoms with Crippen LogP contribution in [0.5, 0.6) is 0 Å². The van der Waals surface area contributed by atoms with Gasteiger partial charge in [0, 0.05) is 11.7 Å². The molecule has 0 atom stereocenters. The Labute approximate surface area is 129 Å². The van der Waals surface area contributed by atoms with Crippen LogP contribution in [0.2, 0.25) is 0 Å². The second-order valence-corrected chi connectivity index (χ2v) is 9.04. The molecule has 0 amide bonds. The molecule has 118 valence electrons. The van der Waals surface area contributed by atoms with E-state index >= 15 is 0 Å². The van der Waals surface area contributed by atoms with Gasteiger partial charge in [-0.2, -0.15) is 0 Å². The van der Waals surface area contributed by atoms with Gasteiger partial charge in [-0.05, 0) is 61.8 Å². The molecule has 0 radical (unpaired) electrons. The maximum Gasteiger partial charge on any atom is 0.178 e. The van der Waals surface area contributed by atoms with E-state index in [4.69, 9.17) is 0 Å². The van der Waals surface area contributed by atoms with Crippen LogP contribution >= 0.6 is 0 Å². The van der Waals surface area contributed by atoms with E-state index in [1.165, 1.54) is 25.7 Å². The Balaban J connectivity index is 1.97. The summed E-state index contributed by atoms with van der Waals surface area (Å²) in [5.74, 6) is 0.220. The summed E-state index contributed by atoms with van der Waals surface area (Å²) >= 11 is 0. The third-order valence-electron chi connectivity index (χ3n) is 4.40. The van der Waals surface area contributed by atoms with Gasteiger partial charge in [0.05, 0.1) is 10.6 Å². The summed E-state index contributed by atoms with van der Waals surface area (Å²) in [7, 11) is -3.10. The molecule has 0 bridgehead atoms. The third-order valence-corrected chi connectivity index (χ3v) is 6.33. The van der Waals surface area contributed by atoms with Gasteiger partial charge >= 0.3 is 0 Å². The van der Waals surface area contributed by atoms with Gasteiger partial charge in [-0.15, -0.1) is 0 Å². The lowest BCUT2D eigenvalue weighted by Gasteiger charge is -2.35. The topological polar surface area (TPSA) is 46.2 Å². The fourth-order valence-electron chi connectivity index (χ4n) is 2.92. The molecule has 1 fully saturated rings. The fourth-order valence-corrected chi connectivity index (χ4v) is 4.25.